The Morgan fingerprint density at radius 3 is 2.87 bits per heavy atom. The zero-order valence-electron chi connectivity index (χ0n) is 7.95. The van der Waals surface area contributed by atoms with Crippen molar-refractivity contribution in [3.8, 4) is 6.07 Å². The summed E-state index contributed by atoms with van der Waals surface area (Å²) in [6, 6.07) is 5.14. The smallest absolute Gasteiger partial charge is 0.339 e. The van der Waals surface area contributed by atoms with Gasteiger partial charge in [-0.15, -0.1) is 12.6 Å². The highest BCUT2D eigenvalue weighted by atomic mass is 79.9. The van der Waals surface area contributed by atoms with E-state index in [1.807, 2.05) is 6.07 Å². The van der Waals surface area contributed by atoms with Gasteiger partial charge in [0.1, 0.15) is 6.07 Å². The molecule has 15 heavy (non-hydrogen) atoms. The second kappa shape index (κ2) is 5.19. The lowest BCUT2D eigenvalue weighted by Crippen LogP contribution is -2.06. The zero-order valence-corrected chi connectivity index (χ0v) is 10.4. The molecule has 5 heteroatoms. The molecular weight excluding hydrogens is 278 g/mol. The fourth-order valence-electron chi connectivity index (χ4n) is 1.04. The van der Waals surface area contributed by atoms with Crippen molar-refractivity contribution in [2.24, 2.45) is 0 Å². The van der Waals surface area contributed by atoms with Crippen LogP contribution in [-0.2, 0) is 4.74 Å². The molecule has 0 aliphatic heterocycles. The summed E-state index contributed by atoms with van der Waals surface area (Å²) in [7, 11) is 0. The number of ether oxygens (including phenoxy) is 1. The monoisotopic (exact) mass is 285 g/mol. The van der Waals surface area contributed by atoms with E-state index in [1.165, 1.54) is 0 Å². The van der Waals surface area contributed by atoms with Gasteiger partial charge in [-0.05, 0) is 35.0 Å². The van der Waals surface area contributed by atoms with Gasteiger partial charge >= 0.3 is 5.97 Å². The van der Waals surface area contributed by atoms with Gasteiger partial charge in [0, 0.05) is 4.90 Å². The normalized spacial score (nSPS) is 9.47. The van der Waals surface area contributed by atoms with Crippen LogP contribution in [0, 0.1) is 11.3 Å². The average Bonchev–Trinajstić information content (AvgIpc) is 2.18. The molecule has 0 heterocycles. The van der Waals surface area contributed by atoms with Gasteiger partial charge < -0.3 is 4.74 Å². The molecule has 0 aliphatic carbocycles. The maximum atomic E-state index is 11.5. The van der Waals surface area contributed by atoms with Gasteiger partial charge in [-0.3, -0.25) is 0 Å². The van der Waals surface area contributed by atoms with E-state index < -0.39 is 5.97 Å². The minimum absolute atomic E-state index is 0.301. The standard InChI is InChI=1S/C10H8BrNO2S/c1-2-14-10(13)6-3-4-8(15)7(5-12)9(6)11/h3-4,15H,2H2,1H3. The summed E-state index contributed by atoms with van der Waals surface area (Å²) in [4.78, 5) is 12.0. The van der Waals surface area contributed by atoms with Crippen LogP contribution in [0.5, 0.6) is 0 Å². The number of carbonyl (C=O) groups is 1. The van der Waals surface area contributed by atoms with E-state index in [2.05, 4.69) is 28.6 Å². The Morgan fingerprint density at radius 2 is 2.33 bits per heavy atom. The van der Waals surface area contributed by atoms with Crippen molar-refractivity contribution in [2.75, 3.05) is 6.61 Å². The van der Waals surface area contributed by atoms with Gasteiger partial charge in [-0.25, -0.2) is 4.79 Å². The minimum Gasteiger partial charge on any atom is -0.462 e. The van der Waals surface area contributed by atoms with Crippen LogP contribution in [0.4, 0.5) is 0 Å². The van der Waals surface area contributed by atoms with Crippen molar-refractivity contribution < 1.29 is 9.53 Å². The van der Waals surface area contributed by atoms with E-state index in [1.54, 1.807) is 19.1 Å². The summed E-state index contributed by atoms with van der Waals surface area (Å²) in [6.45, 7) is 2.03. The third-order valence-corrected chi connectivity index (χ3v) is 2.92. The van der Waals surface area contributed by atoms with Crippen LogP contribution in [0.15, 0.2) is 21.5 Å². The van der Waals surface area contributed by atoms with Gasteiger partial charge in [-0.1, -0.05) is 0 Å². The molecule has 0 unspecified atom stereocenters. The maximum absolute atomic E-state index is 11.5. The summed E-state index contributed by atoms with van der Waals surface area (Å²) in [5, 5.41) is 8.85. The highest BCUT2D eigenvalue weighted by molar-refractivity contribution is 9.10. The minimum atomic E-state index is -0.450. The van der Waals surface area contributed by atoms with Gasteiger partial charge in [0.2, 0.25) is 0 Å². The molecule has 0 N–H and O–H groups in total. The second-order valence-electron chi connectivity index (χ2n) is 2.65. The Bertz CT molecular complexity index is 440. The molecule has 0 aromatic heterocycles. The Morgan fingerprint density at radius 1 is 1.67 bits per heavy atom. The average molecular weight is 286 g/mol. The van der Waals surface area contributed by atoms with Crippen LogP contribution in [0.2, 0.25) is 0 Å². The van der Waals surface area contributed by atoms with Crippen LogP contribution < -0.4 is 0 Å². The van der Waals surface area contributed by atoms with E-state index in [9.17, 15) is 4.79 Å². The summed E-state index contributed by atoms with van der Waals surface area (Å²) in [5.74, 6) is -0.450. The highest BCUT2D eigenvalue weighted by Crippen LogP contribution is 2.27. The number of hydrogen-bond donors (Lipinski definition) is 1. The molecule has 3 nitrogen and oxygen atoms in total. The van der Waals surface area contributed by atoms with Crippen LogP contribution >= 0.6 is 28.6 Å². The molecular formula is C10H8BrNO2S. The number of nitriles is 1. The molecule has 0 spiro atoms. The first-order valence-electron chi connectivity index (χ1n) is 4.20. The third kappa shape index (κ3) is 2.52. The van der Waals surface area contributed by atoms with Crippen LogP contribution in [0.1, 0.15) is 22.8 Å². The maximum Gasteiger partial charge on any atom is 0.339 e. The molecule has 0 radical (unpaired) electrons. The zero-order chi connectivity index (χ0) is 11.4. The Kier molecular flexibility index (Phi) is 4.18. The Balaban J connectivity index is 3.23. The van der Waals surface area contributed by atoms with Gasteiger partial charge in [0.05, 0.1) is 22.2 Å². The van der Waals surface area contributed by atoms with Crippen molar-refractivity contribution in [3.63, 3.8) is 0 Å². The van der Waals surface area contributed by atoms with E-state index in [0.717, 1.165) is 0 Å². The molecule has 0 aliphatic rings. The largest absolute Gasteiger partial charge is 0.462 e. The van der Waals surface area contributed by atoms with Crippen molar-refractivity contribution in [2.45, 2.75) is 11.8 Å². The van der Waals surface area contributed by atoms with Crippen LogP contribution in [-0.4, -0.2) is 12.6 Å². The SMILES string of the molecule is CCOC(=O)c1ccc(S)c(C#N)c1Br. The van der Waals surface area contributed by atoms with Crippen molar-refractivity contribution in [3.05, 3.63) is 27.7 Å². The number of esters is 1. The molecule has 0 fully saturated rings. The molecule has 78 valence electrons. The van der Waals surface area contributed by atoms with Gasteiger partial charge in [0.15, 0.2) is 0 Å². The predicted molar refractivity (Wildman–Crippen MR) is 62.1 cm³/mol. The first-order valence-corrected chi connectivity index (χ1v) is 5.44. The second-order valence-corrected chi connectivity index (χ2v) is 3.93. The lowest BCUT2D eigenvalue weighted by molar-refractivity contribution is 0.0525. The Hall–Kier alpha value is -0.990. The number of hydrogen-bond acceptors (Lipinski definition) is 4. The third-order valence-electron chi connectivity index (χ3n) is 1.73. The van der Waals surface area contributed by atoms with Crippen molar-refractivity contribution in [1.82, 2.24) is 0 Å². The molecule has 1 aromatic carbocycles. The van der Waals surface area contributed by atoms with Crippen molar-refractivity contribution >= 4 is 34.5 Å². The molecule has 1 rings (SSSR count). The first-order chi connectivity index (χ1) is 7.11. The van der Waals surface area contributed by atoms with Crippen LogP contribution in [0.25, 0.3) is 0 Å². The number of rotatable bonds is 2. The number of thiol groups is 1. The number of nitrogens with zero attached hydrogens (tertiary/aromatic N) is 1. The van der Waals surface area contributed by atoms with E-state index in [-0.39, 0.29) is 0 Å². The predicted octanol–water partition coefficient (Wildman–Crippen LogP) is 2.79. The molecule has 0 amide bonds. The number of halogens is 1. The number of benzene rings is 1. The fraction of sp³-hybridized carbons (Fsp3) is 0.200. The number of carbonyl (C=O) groups excluding carboxylic acids is 1. The lowest BCUT2D eigenvalue weighted by atomic mass is 10.1. The summed E-state index contributed by atoms with van der Waals surface area (Å²) < 4.78 is 5.27. The van der Waals surface area contributed by atoms with Gasteiger partial charge in [0.25, 0.3) is 0 Å². The fourth-order valence-corrected chi connectivity index (χ4v) is 2.02. The first kappa shape index (κ1) is 12.1. The van der Waals surface area contributed by atoms with Gasteiger partial charge in [-0.2, -0.15) is 5.26 Å². The van der Waals surface area contributed by atoms with Crippen LogP contribution in [0.3, 0.4) is 0 Å². The quantitative estimate of drug-likeness (QED) is 0.672. The summed E-state index contributed by atoms with van der Waals surface area (Å²) >= 11 is 7.30. The highest BCUT2D eigenvalue weighted by Gasteiger charge is 2.15. The summed E-state index contributed by atoms with van der Waals surface area (Å²) in [6.07, 6.45) is 0. The lowest BCUT2D eigenvalue weighted by Gasteiger charge is -2.06. The Labute approximate surface area is 102 Å². The topological polar surface area (TPSA) is 50.1 Å². The summed E-state index contributed by atoms with van der Waals surface area (Å²) in [5.41, 5.74) is 0.676. The van der Waals surface area contributed by atoms with Crippen molar-refractivity contribution in [1.29, 1.82) is 5.26 Å². The van der Waals surface area contributed by atoms with E-state index in [4.69, 9.17) is 10.00 Å². The molecule has 1 aromatic rings. The molecule has 0 bridgehead atoms. The molecule has 0 saturated carbocycles. The molecule has 0 saturated heterocycles. The molecule has 0 atom stereocenters. The van der Waals surface area contributed by atoms with E-state index in [0.29, 0.717) is 27.1 Å². The van der Waals surface area contributed by atoms with E-state index >= 15 is 0 Å².